The minimum absolute atomic E-state index is 0.0453. The number of ketones is 1. The average Bonchev–Trinajstić information content (AvgIpc) is 2.99. The summed E-state index contributed by atoms with van der Waals surface area (Å²) in [6.45, 7) is 0.470. The minimum Gasteiger partial charge on any atom is -0.497 e. The third-order valence-corrected chi connectivity index (χ3v) is 8.21. The Morgan fingerprint density at radius 2 is 1.25 bits per heavy atom. The second kappa shape index (κ2) is 10.8. The number of piperidine rings is 2. The van der Waals surface area contributed by atoms with Crippen LogP contribution in [0.1, 0.15) is 28.8 Å². The highest BCUT2D eigenvalue weighted by atomic mass is 16.5. The highest BCUT2D eigenvalue weighted by molar-refractivity contribution is 6.17. The minimum atomic E-state index is -1.73. The Morgan fingerprint density at radius 1 is 0.800 bits per heavy atom. The van der Waals surface area contributed by atoms with Gasteiger partial charge in [0.25, 0.3) is 0 Å². The summed E-state index contributed by atoms with van der Waals surface area (Å²) >= 11 is 0. The number of esters is 2. The summed E-state index contributed by atoms with van der Waals surface area (Å²) in [4.78, 5) is 55.0. The van der Waals surface area contributed by atoms with Crippen molar-refractivity contribution in [1.82, 2.24) is 19.8 Å². The van der Waals surface area contributed by atoms with Gasteiger partial charge in [-0.25, -0.2) is 0 Å². The van der Waals surface area contributed by atoms with Crippen LogP contribution in [0.4, 0.5) is 0 Å². The molecule has 2 fully saturated rings. The van der Waals surface area contributed by atoms with Crippen molar-refractivity contribution < 1.29 is 28.6 Å². The molecular weight excluding hydrogens is 512 g/mol. The molecule has 10 nitrogen and oxygen atoms in total. The first-order valence-electron chi connectivity index (χ1n) is 12.9. The lowest BCUT2D eigenvalue weighted by Crippen LogP contribution is -2.75. The van der Waals surface area contributed by atoms with E-state index in [4.69, 9.17) is 14.2 Å². The van der Waals surface area contributed by atoms with Gasteiger partial charge in [0.05, 0.1) is 33.4 Å². The highest BCUT2D eigenvalue weighted by Crippen LogP contribution is 2.60. The van der Waals surface area contributed by atoms with Crippen LogP contribution in [0.15, 0.2) is 73.3 Å². The first kappa shape index (κ1) is 27.4. The number of likely N-dealkylation sites (tertiary alicyclic amines) is 2. The lowest BCUT2D eigenvalue weighted by molar-refractivity contribution is -0.203. The number of ether oxygens (including phenoxy) is 3. The van der Waals surface area contributed by atoms with Crippen molar-refractivity contribution in [1.29, 1.82) is 0 Å². The van der Waals surface area contributed by atoms with Gasteiger partial charge >= 0.3 is 11.9 Å². The molecule has 2 aromatic heterocycles. The molecule has 0 amide bonds. The first-order valence-corrected chi connectivity index (χ1v) is 12.9. The Labute approximate surface area is 232 Å². The smallest absolute Gasteiger partial charge is 0.322 e. The standard InChI is InChI=1S/C30H32N4O6/c1-33-24(21-9-13-31-14-10-21)29(27(36)39-3)18-34(17-20-5-7-23(38-2)8-6-20)19-30(26(29)35,28(37)40-4)25(33)22-11-15-32-16-12-22/h5-16,24-25H,17-19H2,1-4H3/t24-,25+,29-,30+. The van der Waals surface area contributed by atoms with E-state index < -0.39 is 40.6 Å². The van der Waals surface area contributed by atoms with Crippen LogP contribution in [0.5, 0.6) is 5.75 Å². The molecule has 2 bridgehead atoms. The summed E-state index contributed by atoms with van der Waals surface area (Å²) in [5, 5.41) is 0. The summed E-state index contributed by atoms with van der Waals surface area (Å²) in [6, 6.07) is 13.2. The molecule has 40 heavy (non-hydrogen) atoms. The maximum absolute atomic E-state index is 14.9. The number of methoxy groups -OCH3 is 3. The molecule has 4 atom stereocenters. The molecule has 2 saturated heterocycles. The van der Waals surface area contributed by atoms with Gasteiger partial charge in [0.1, 0.15) is 5.75 Å². The van der Waals surface area contributed by atoms with Crippen LogP contribution >= 0.6 is 0 Å². The normalized spacial score (nSPS) is 26.6. The van der Waals surface area contributed by atoms with Crippen molar-refractivity contribution >= 4 is 17.7 Å². The molecule has 208 valence electrons. The number of nitrogens with zero attached hydrogens (tertiary/aromatic N) is 4. The number of carbonyl (C=O) groups excluding carboxylic acids is 3. The molecule has 0 N–H and O–H groups in total. The molecule has 5 rings (SSSR count). The SMILES string of the molecule is COC(=O)[C@]12CN(Cc3ccc(OC)cc3)C[C@](C(=O)OC)(C1=O)[C@@H](c1ccncc1)N(C)[C@H]2c1ccncc1. The van der Waals surface area contributed by atoms with Gasteiger partial charge in [-0.05, 0) is 60.1 Å². The van der Waals surface area contributed by atoms with Crippen molar-refractivity contribution in [2.24, 2.45) is 10.8 Å². The zero-order valence-electron chi connectivity index (χ0n) is 22.9. The molecule has 2 aliphatic rings. The lowest BCUT2D eigenvalue weighted by atomic mass is 9.54. The summed E-state index contributed by atoms with van der Waals surface area (Å²) in [6.07, 6.45) is 6.50. The van der Waals surface area contributed by atoms with Gasteiger partial charge in [-0.15, -0.1) is 0 Å². The number of aromatic nitrogens is 2. The fraction of sp³-hybridized carbons (Fsp3) is 0.367. The first-order chi connectivity index (χ1) is 19.3. The van der Waals surface area contributed by atoms with Crippen LogP contribution < -0.4 is 4.74 Å². The Balaban J connectivity index is 1.76. The van der Waals surface area contributed by atoms with Gasteiger partial charge < -0.3 is 14.2 Å². The number of pyridine rings is 2. The van der Waals surface area contributed by atoms with Gasteiger partial charge in [0.2, 0.25) is 0 Å². The summed E-state index contributed by atoms with van der Waals surface area (Å²) in [7, 11) is 5.97. The molecule has 0 unspecified atom stereocenters. The summed E-state index contributed by atoms with van der Waals surface area (Å²) in [5.74, 6) is -1.20. The fourth-order valence-electron chi connectivity index (χ4n) is 6.70. The van der Waals surface area contributed by atoms with E-state index in [2.05, 4.69) is 9.97 Å². The maximum Gasteiger partial charge on any atom is 0.322 e. The topological polar surface area (TPSA) is 111 Å². The summed E-state index contributed by atoms with van der Waals surface area (Å²) < 4.78 is 16.0. The van der Waals surface area contributed by atoms with Crippen LogP contribution in [-0.2, 0) is 30.4 Å². The van der Waals surface area contributed by atoms with Crippen molar-refractivity contribution in [3.05, 3.63) is 90.0 Å². The van der Waals surface area contributed by atoms with Crippen molar-refractivity contribution in [2.75, 3.05) is 41.5 Å². The molecular formula is C30H32N4O6. The van der Waals surface area contributed by atoms with Gasteiger partial charge in [0, 0.05) is 44.4 Å². The molecule has 10 heteroatoms. The van der Waals surface area contributed by atoms with E-state index in [-0.39, 0.29) is 13.1 Å². The number of fused-ring (bicyclic) bond motifs is 2. The zero-order chi connectivity index (χ0) is 28.5. The number of rotatable bonds is 7. The Bertz CT molecular complexity index is 1310. The monoisotopic (exact) mass is 544 g/mol. The third-order valence-electron chi connectivity index (χ3n) is 8.21. The van der Waals surface area contributed by atoms with Crippen molar-refractivity contribution in [3.8, 4) is 5.75 Å². The van der Waals surface area contributed by atoms with E-state index in [0.29, 0.717) is 23.4 Å². The molecule has 0 radical (unpaired) electrons. The van der Waals surface area contributed by atoms with Crippen molar-refractivity contribution in [2.45, 2.75) is 18.6 Å². The van der Waals surface area contributed by atoms with Crippen LogP contribution in [0.25, 0.3) is 0 Å². The molecule has 0 saturated carbocycles. The van der Waals surface area contributed by atoms with Crippen LogP contribution in [0, 0.1) is 10.8 Å². The van der Waals surface area contributed by atoms with Crippen LogP contribution in [-0.4, -0.2) is 79.0 Å². The van der Waals surface area contributed by atoms with E-state index in [1.165, 1.54) is 14.2 Å². The van der Waals surface area contributed by atoms with E-state index >= 15 is 0 Å². The number of benzene rings is 1. The van der Waals surface area contributed by atoms with Gasteiger partial charge in [0.15, 0.2) is 16.6 Å². The number of hydrogen-bond donors (Lipinski definition) is 0. The molecule has 0 aliphatic carbocycles. The second-order valence-electron chi connectivity index (χ2n) is 10.3. The van der Waals surface area contributed by atoms with Gasteiger partial charge in [-0.3, -0.25) is 34.2 Å². The van der Waals surface area contributed by atoms with Crippen molar-refractivity contribution in [3.63, 3.8) is 0 Å². The second-order valence-corrected chi connectivity index (χ2v) is 10.3. The Hall–Kier alpha value is -4.15. The van der Waals surface area contributed by atoms with E-state index in [1.807, 2.05) is 41.1 Å². The van der Waals surface area contributed by atoms with Crippen LogP contribution in [0.3, 0.4) is 0 Å². The quantitative estimate of drug-likeness (QED) is 0.325. The highest BCUT2D eigenvalue weighted by Gasteiger charge is 2.74. The Kier molecular flexibility index (Phi) is 7.39. The lowest BCUT2D eigenvalue weighted by Gasteiger charge is -2.61. The van der Waals surface area contributed by atoms with Gasteiger partial charge in [-0.2, -0.15) is 0 Å². The van der Waals surface area contributed by atoms with E-state index in [1.54, 1.807) is 56.2 Å². The number of carbonyl (C=O) groups is 3. The summed E-state index contributed by atoms with van der Waals surface area (Å²) in [5.41, 5.74) is -1.11. The predicted octanol–water partition coefficient (Wildman–Crippen LogP) is 2.62. The van der Waals surface area contributed by atoms with E-state index in [0.717, 1.165) is 5.56 Å². The van der Waals surface area contributed by atoms with Gasteiger partial charge in [-0.1, -0.05) is 12.1 Å². The number of Topliss-reactive ketones (excluding diaryl/α,β-unsaturated/α-hetero) is 1. The average molecular weight is 545 g/mol. The molecule has 1 aromatic carbocycles. The largest absolute Gasteiger partial charge is 0.497 e. The molecule has 3 aromatic rings. The molecule has 0 spiro atoms. The maximum atomic E-state index is 14.9. The predicted molar refractivity (Wildman–Crippen MR) is 144 cm³/mol. The molecule has 2 aliphatic heterocycles. The zero-order valence-corrected chi connectivity index (χ0v) is 22.9. The number of hydrogen-bond acceptors (Lipinski definition) is 10. The van der Waals surface area contributed by atoms with E-state index in [9.17, 15) is 14.4 Å². The fourth-order valence-corrected chi connectivity index (χ4v) is 6.70. The third kappa shape index (κ3) is 4.15. The Morgan fingerprint density at radius 3 is 1.65 bits per heavy atom. The van der Waals surface area contributed by atoms with Crippen LogP contribution in [0.2, 0.25) is 0 Å². The molecule has 4 heterocycles.